The number of halogens is 6. The van der Waals surface area contributed by atoms with Crippen LogP contribution in [0.25, 0.3) is 0 Å². The first-order valence-electron chi connectivity index (χ1n) is 3.82. The standard InChI is InChI=1S/C8H5F6NO/c9-7(10,11)6-4(15)2-1-3-5(6)16-8(12,13)14/h1-3H,15H2. The van der Waals surface area contributed by atoms with Crippen LogP contribution < -0.4 is 10.5 Å². The molecule has 0 amide bonds. The Morgan fingerprint density at radius 1 is 1.00 bits per heavy atom. The smallest absolute Gasteiger partial charge is 0.405 e. The van der Waals surface area contributed by atoms with E-state index in [9.17, 15) is 26.3 Å². The number of ether oxygens (including phenoxy) is 1. The van der Waals surface area contributed by atoms with Crippen LogP contribution in [0.1, 0.15) is 5.56 Å². The molecule has 1 aromatic rings. The second kappa shape index (κ2) is 3.76. The Labute approximate surface area is 85.6 Å². The van der Waals surface area contributed by atoms with Crippen LogP contribution in [0.3, 0.4) is 0 Å². The fourth-order valence-corrected chi connectivity index (χ4v) is 1.06. The Morgan fingerprint density at radius 2 is 1.56 bits per heavy atom. The fraction of sp³-hybridized carbons (Fsp3) is 0.250. The molecule has 0 atom stereocenters. The molecule has 0 aliphatic carbocycles. The van der Waals surface area contributed by atoms with E-state index in [1.54, 1.807) is 0 Å². The predicted molar refractivity (Wildman–Crippen MR) is 42.5 cm³/mol. The third-order valence-electron chi connectivity index (χ3n) is 1.57. The van der Waals surface area contributed by atoms with Gasteiger partial charge < -0.3 is 10.5 Å². The summed E-state index contributed by atoms with van der Waals surface area (Å²) in [5.41, 5.74) is 2.50. The molecule has 0 aliphatic heterocycles. The van der Waals surface area contributed by atoms with Crippen molar-refractivity contribution in [1.29, 1.82) is 0 Å². The van der Waals surface area contributed by atoms with Crippen molar-refractivity contribution in [3.05, 3.63) is 23.8 Å². The van der Waals surface area contributed by atoms with E-state index in [0.29, 0.717) is 6.07 Å². The largest absolute Gasteiger partial charge is 0.573 e. The molecule has 16 heavy (non-hydrogen) atoms. The number of hydrogen-bond acceptors (Lipinski definition) is 2. The minimum atomic E-state index is -5.20. The Hall–Kier alpha value is -1.60. The van der Waals surface area contributed by atoms with Crippen LogP contribution >= 0.6 is 0 Å². The minimum Gasteiger partial charge on any atom is -0.405 e. The molecule has 0 bridgehead atoms. The predicted octanol–water partition coefficient (Wildman–Crippen LogP) is 3.19. The van der Waals surface area contributed by atoms with E-state index in [4.69, 9.17) is 5.73 Å². The molecule has 0 aromatic heterocycles. The number of rotatable bonds is 1. The van der Waals surface area contributed by atoms with E-state index in [0.717, 1.165) is 12.1 Å². The monoisotopic (exact) mass is 245 g/mol. The summed E-state index contributed by atoms with van der Waals surface area (Å²) in [6.07, 6.45) is -10.2. The van der Waals surface area contributed by atoms with Gasteiger partial charge in [-0.25, -0.2) is 0 Å². The molecule has 0 heterocycles. The summed E-state index contributed by atoms with van der Waals surface area (Å²) in [6.45, 7) is 0. The zero-order valence-electron chi connectivity index (χ0n) is 7.49. The zero-order chi connectivity index (χ0) is 12.6. The van der Waals surface area contributed by atoms with Crippen LogP contribution in [0.5, 0.6) is 5.75 Å². The molecule has 90 valence electrons. The van der Waals surface area contributed by atoms with Crippen LogP contribution in [0, 0.1) is 0 Å². The van der Waals surface area contributed by atoms with E-state index in [-0.39, 0.29) is 0 Å². The first-order chi connectivity index (χ1) is 7.11. The maximum atomic E-state index is 12.4. The fourth-order valence-electron chi connectivity index (χ4n) is 1.06. The average molecular weight is 245 g/mol. The molecule has 8 heteroatoms. The number of hydrogen-bond donors (Lipinski definition) is 1. The Bertz CT molecular complexity index is 383. The van der Waals surface area contributed by atoms with Gasteiger partial charge in [-0.15, -0.1) is 13.2 Å². The summed E-state index contributed by atoms with van der Waals surface area (Å²) < 4.78 is 75.7. The van der Waals surface area contributed by atoms with Crippen molar-refractivity contribution in [2.24, 2.45) is 0 Å². The van der Waals surface area contributed by atoms with Crippen LogP contribution in [-0.4, -0.2) is 6.36 Å². The topological polar surface area (TPSA) is 35.2 Å². The second-order valence-corrected chi connectivity index (χ2v) is 2.77. The number of benzene rings is 1. The van der Waals surface area contributed by atoms with Crippen LogP contribution in [0.4, 0.5) is 32.0 Å². The summed E-state index contributed by atoms with van der Waals surface area (Å²) in [6, 6.07) is 2.32. The second-order valence-electron chi connectivity index (χ2n) is 2.77. The van der Waals surface area contributed by atoms with E-state index in [1.807, 2.05) is 0 Å². The van der Waals surface area contributed by atoms with Gasteiger partial charge in [-0.3, -0.25) is 0 Å². The van der Waals surface area contributed by atoms with Crippen molar-refractivity contribution in [2.75, 3.05) is 5.73 Å². The highest BCUT2D eigenvalue weighted by atomic mass is 19.4. The van der Waals surface area contributed by atoms with E-state index >= 15 is 0 Å². The lowest BCUT2D eigenvalue weighted by molar-refractivity contribution is -0.276. The first-order valence-corrected chi connectivity index (χ1v) is 3.82. The Morgan fingerprint density at radius 3 is 2.00 bits per heavy atom. The van der Waals surface area contributed by atoms with Gasteiger partial charge in [0.25, 0.3) is 0 Å². The average Bonchev–Trinajstić information content (AvgIpc) is 1.97. The van der Waals surface area contributed by atoms with Gasteiger partial charge in [-0.05, 0) is 12.1 Å². The molecule has 2 nitrogen and oxygen atoms in total. The third-order valence-corrected chi connectivity index (χ3v) is 1.57. The molecule has 0 fully saturated rings. The van der Waals surface area contributed by atoms with Gasteiger partial charge in [-0.2, -0.15) is 13.2 Å². The molecule has 0 unspecified atom stereocenters. The van der Waals surface area contributed by atoms with Crippen molar-refractivity contribution in [1.82, 2.24) is 0 Å². The number of alkyl halides is 6. The molecule has 0 aliphatic rings. The molecule has 2 N–H and O–H groups in total. The van der Waals surface area contributed by atoms with Crippen molar-refractivity contribution in [3.8, 4) is 5.75 Å². The zero-order valence-corrected chi connectivity index (χ0v) is 7.49. The van der Waals surface area contributed by atoms with Gasteiger partial charge in [0.2, 0.25) is 0 Å². The van der Waals surface area contributed by atoms with Crippen LogP contribution in [0.15, 0.2) is 18.2 Å². The van der Waals surface area contributed by atoms with Gasteiger partial charge in [0, 0.05) is 5.69 Å². The molecular formula is C8H5F6NO. The molecular weight excluding hydrogens is 240 g/mol. The molecule has 1 aromatic carbocycles. The lowest BCUT2D eigenvalue weighted by Crippen LogP contribution is -2.20. The van der Waals surface area contributed by atoms with Gasteiger partial charge in [0.05, 0.1) is 0 Å². The maximum Gasteiger partial charge on any atom is 0.573 e. The minimum absolute atomic E-state index is 0.548. The summed E-state index contributed by atoms with van der Waals surface area (Å²) in [5, 5.41) is 0. The molecule has 0 saturated carbocycles. The molecule has 0 saturated heterocycles. The number of anilines is 1. The van der Waals surface area contributed by atoms with Crippen molar-refractivity contribution in [3.63, 3.8) is 0 Å². The maximum absolute atomic E-state index is 12.4. The number of nitrogens with two attached hydrogens (primary N) is 1. The summed E-state index contributed by atoms with van der Waals surface area (Å²) in [5.74, 6) is -1.36. The first kappa shape index (κ1) is 12.5. The van der Waals surface area contributed by atoms with Crippen molar-refractivity contribution in [2.45, 2.75) is 12.5 Å². The van der Waals surface area contributed by atoms with Crippen LogP contribution in [0.2, 0.25) is 0 Å². The van der Waals surface area contributed by atoms with Gasteiger partial charge in [0.15, 0.2) is 0 Å². The highest BCUT2D eigenvalue weighted by Gasteiger charge is 2.40. The Balaban J connectivity index is 3.24. The molecule has 0 radical (unpaired) electrons. The normalized spacial score (nSPS) is 12.6. The lowest BCUT2D eigenvalue weighted by atomic mass is 10.1. The van der Waals surface area contributed by atoms with Gasteiger partial charge in [0.1, 0.15) is 11.3 Å². The highest BCUT2D eigenvalue weighted by molar-refractivity contribution is 5.55. The van der Waals surface area contributed by atoms with E-state index in [2.05, 4.69) is 4.74 Å². The van der Waals surface area contributed by atoms with Gasteiger partial charge >= 0.3 is 12.5 Å². The Kier molecular flexibility index (Phi) is 2.93. The van der Waals surface area contributed by atoms with E-state index < -0.39 is 29.5 Å². The summed E-state index contributed by atoms with van der Waals surface area (Å²) in [7, 11) is 0. The molecule has 0 spiro atoms. The SMILES string of the molecule is Nc1cccc(OC(F)(F)F)c1C(F)(F)F. The van der Waals surface area contributed by atoms with Crippen LogP contribution in [-0.2, 0) is 6.18 Å². The van der Waals surface area contributed by atoms with Crippen molar-refractivity contribution < 1.29 is 31.1 Å². The third kappa shape index (κ3) is 2.94. The van der Waals surface area contributed by atoms with Crippen molar-refractivity contribution >= 4 is 5.69 Å². The summed E-state index contributed by atoms with van der Waals surface area (Å²) >= 11 is 0. The van der Waals surface area contributed by atoms with Gasteiger partial charge in [-0.1, -0.05) is 6.07 Å². The number of nitrogen functional groups attached to an aromatic ring is 1. The quantitative estimate of drug-likeness (QED) is 0.609. The summed E-state index contributed by atoms with van der Waals surface area (Å²) in [4.78, 5) is 0. The van der Waals surface area contributed by atoms with E-state index in [1.165, 1.54) is 0 Å². The lowest BCUT2D eigenvalue weighted by Gasteiger charge is -2.16. The molecule has 1 rings (SSSR count). The highest BCUT2D eigenvalue weighted by Crippen LogP contribution is 2.41.